The third-order valence-electron chi connectivity index (χ3n) is 4.27. The fraction of sp³-hybridized carbons (Fsp3) is 0.714. The summed E-state index contributed by atoms with van der Waals surface area (Å²) in [6, 6.07) is 0.374. The summed E-state index contributed by atoms with van der Waals surface area (Å²) < 4.78 is 5.84. The van der Waals surface area contributed by atoms with Crippen LogP contribution in [0.25, 0.3) is 0 Å². The van der Waals surface area contributed by atoms with Gasteiger partial charge in [-0.15, -0.1) is 0 Å². The summed E-state index contributed by atoms with van der Waals surface area (Å²) in [4.78, 5) is 19.2. The van der Waals surface area contributed by atoms with Crippen molar-refractivity contribution in [1.82, 2.24) is 15.3 Å². The Kier molecular flexibility index (Phi) is 3.19. The molecular weight excluding hydrogens is 242 g/mol. The van der Waals surface area contributed by atoms with Gasteiger partial charge < -0.3 is 15.0 Å². The van der Waals surface area contributed by atoms with Crippen LogP contribution >= 0.6 is 0 Å². The number of nitrogens with zero attached hydrogens (tertiary/aromatic N) is 1. The molecule has 2 bridgehead atoms. The van der Waals surface area contributed by atoms with Crippen molar-refractivity contribution in [3.8, 4) is 0 Å². The first kappa shape index (κ1) is 12.8. The number of hydrogen-bond donors (Lipinski definition) is 2. The van der Waals surface area contributed by atoms with E-state index in [-0.39, 0.29) is 11.6 Å². The number of aromatic nitrogens is 2. The molecule has 2 aliphatic heterocycles. The quantitative estimate of drug-likeness (QED) is 0.864. The van der Waals surface area contributed by atoms with E-state index >= 15 is 0 Å². The summed E-state index contributed by atoms with van der Waals surface area (Å²) >= 11 is 0. The van der Waals surface area contributed by atoms with Gasteiger partial charge in [0.05, 0.1) is 17.8 Å². The van der Waals surface area contributed by atoms with Crippen LogP contribution in [0.3, 0.4) is 0 Å². The Morgan fingerprint density at radius 2 is 2.21 bits per heavy atom. The molecule has 0 radical (unpaired) electrons. The zero-order valence-electron chi connectivity index (χ0n) is 11.7. The smallest absolute Gasteiger partial charge is 0.255 e. The van der Waals surface area contributed by atoms with Crippen LogP contribution < -0.4 is 10.9 Å². The van der Waals surface area contributed by atoms with Gasteiger partial charge in [0.15, 0.2) is 0 Å². The summed E-state index contributed by atoms with van der Waals surface area (Å²) in [5.41, 5.74) is 1.52. The Morgan fingerprint density at radius 3 is 2.79 bits per heavy atom. The van der Waals surface area contributed by atoms with E-state index in [2.05, 4.69) is 15.3 Å². The highest BCUT2D eigenvalue weighted by molar-refractivity contribution is 5.20. The van der Waals surface area contributed by atoms with Gasteiger partial charge in [-0.1, -0.05) is 0 Å². The number of hydrogen-bond acceptors (Lipinski definition) is 4. The lowest BCUT2D eigenvalue weighted by molar-refractivity contribution is 0.0962. The highest BCUT2D eigenvalue weighted by Gasteiger charge is 2.41. The Bertz CT molecular complexity index is 540. The minimum Gasteiger partial charge on any atom is -0.373 e. The van der Waals surface area contributed by atoms with Gasteiger partial charge in [0.2, 0.25) is 0 Å². The highest BCUT2D eigenvalue weighted by Crippen LogP contribution is 2.35. The van der Waals surface area contributed by atoms with Crippen LogP contribution in [-0.2, 0) is 4.74 Å². The van der Waals surface area contributed by atoms with Crippen molar-refractivity contribution in [2.24, 2.45) is 0 Å². The molecule has 2 fully saturated rings. The molecule has 0 aliphatic carbocycles. The van der Waals surface area contributed by atoms with Gasteiger partial charge in [-0.3, -0.25) is 4.79 Å². The van der Waals surface area contributed by atoms with Crippen molar-refractivity contribution in [2.45, 2.75) is 64.3 Å². The molecule has 19 heavy (non-hydrogen) atoms. The van der Waals surface area contributed by atoms with Crippen molar-refractivity contribution in [3.63, 3.8) is 0 Å². The van der Waals surface area contributed by atoms with Crippen molar-refractivity contribution in [2.75, 3.05) is 0 Å². The molecule has 3 rings (SSSR count). The minimum absolute atomic E-state index is 0.00444. The predicted molar refractivity (Wildman–Crippen MR) is 72.2 cm³/mol. The second-order valence-corrected chi connectivity index (χ2v) is 5.75. The number of rotatable bonds is 3. The maximum atomic E-state index is 12.1. The highest BCUT2D eigenvalue weighted by atomic mass is 16.5. The SMILES string of the molecule is Cc1nc(C)c(C(C)NC2CC3CCC2O3)c(=O)[nH]1. The molecule has 3 heterocycles. The molecule has 104 valence electrons. The summed E-state index contributed by atoms with van der Waals surface area (Å²) in [7, 11) is 0. The van der Waals surface area contributed by atoms with E-state index in [1.54, 1.807) is 6.92 Å². The van der Waals surface area contributed by atoms with Crippen LogP contribution in [-0.4, -0.2) is 28.2 Å². The van der Waals surface area contributed by atoms with E-state index in [4.69, 9.17) is 4.74 Å². The largest absolute Gasteiger partial charge is 0.373 e. The first-order valence-corrected chi connectivity index (χ1v) is 7.03. The molecule has 1 aromatic rings. The third-order valence-corrected chi connectivity index (χ3v) is 4.27. The molecule has 1 aromatic heterocycles. The topological polar surface area (TPSA) is 67.0 Å². The number of nitrogens with one attached hydrogen (secondary N) is 2. The normalized spacial score (nSPS) is 30.8. The summed E-state index contributed by atoms with van der Waals surface area (Å²) in [5.74, 6) is 0.668. The molecule has 0 spiro atoms. The van der Waals surface area contributed by atoms with Gasteiger partial charge in [-0.25, -0.2) is 4.98 Å². The second kappa shape index (κ2) is 4.72. The zero-order chi connectivity index (χ0) is 13.6. The van der Waals surface area contributed by atoms with E-state index in [1.807, 2.05) is 13.8 Å². The van der Waals surface area contributed by atoms with Crippen molar-refractivity contribution in [1.29, 1.82) is 0 Å². The maximum Gasteiger partial charge on any atom is 0.255 e. The average molecular weight is 263 g/mol. The molecule has 0 saturated carbocycles. The number of ether oxygens (including phenoxy) is 1. The number of H-pyrrole nitrogens is 1. The fourth-order valence-corrected chi connectivity index (χ4v) is 3.46. The van der Waals surface area contributed by atoms with E-state index < -0.39 is 0 Å². The van der Waals surface area contributed by atoms with Crippen LogP contribution in [0.1, 0.15) is 49.3 Å². The molecule has 2 aliphatic rings. The second-order valence-electron chi connectivity index (χ2n) is 5.75. The molecular formula is C14H21N3O2. The van der Waals surface area contributed by atoms with Crippen LogP contribution in [0.5, 0.6) is 0 Å². The lowest BCUT2D eigenvalue weighted by Gasteiger charge is -2.25. The number of aromatic amines is 1. The van der Waals surface area contributed by atoms with E-state index in [1.165, 1.54) is 6.42 Å². The lowest BCUT2D eigenvalue weighted by Crippen LogP contribution is -2.40. The third kappa shape index (κ3) is 2.32. The Labute approximate surface area is 112 Å². The van der Waals surface area contributed by atoms with Crippen LogP contribution in [0.2, 0.25) is 0 Å². The molecule has 5 nitrogen and oxygen atoms in total. The van der Waals surface area contributed by atoms with Gasteiger partial charge in [0.1, 0.15) is 5.82 Å². The average Bonchev–Trinajstić information content (AvgIpc) is 2.89. The standard InChI is InChI=1S/C14H21N3O2/c1-7-13(14(18)17-9(3)15-7)8(2)16-11-6-10-4-5-12(11)19-10/h8,10-12,16H,4-6H2,1-3H3,(H,15,17,18). The summed E-state index contributed by atoms with van der Waals surface area (Å²) in [6.07, 6.45) is 4.13. The number of aryl methyl sites for hydroxylation is 2. The monoisotopic (exact) mass is 263 g/mol. The van der Waals surface area contributed by atoms with Gasteiger partial charge in [-0.05, 0) is 40.0 Å². The maximum absolute atomic E-state index is 12.1. The molecule has 4 atom stereocenters. The molecule has 2 N–H and O–H groups in total. The molecule has 0 amide bonds. The van der Waals surface area contributed by atoms with Crippen LogP contribution in [0.4, 0.5) is 0 Å². The fourth-order valence-electron chi connectivity index (χ4n) is 3.46. The van der Waals surface area contributed by atoms with Crippen molar-refractivity contribution >= 4 is 0 Å². The van der Waals surface area contributed by atoms with Gasteiger partial charge in [-0.2, -0.15) is 0 Å². The van der Waals surface area contributed by atoms with Crippen molar-refractivity contribution < 1.29 is 4.74 Å². The Morgan fingerprint density at radius 1 is 1.42 bits per heavy atom. The number of fused-ring (bicyclic) bond motifs is 2. The molecule has 0 aromatic carbocycles. The first-order valence-electron chi connectivity index (χ1n) is 7.03. The van der Waals surface area contributed by atoms with Crippen molar-refractivity contribution in [3.05, 3.63) is 27.4 Å². The van der Waals surface area contributed by atoms with Gasteiger partial charge in [0.25, 0.3) is 5.56 Å². The summed E-state index contributed by atoms with van der Waals surface area (Å²) in [5, 5.41) is 3.54. The van der Waals surface area contributed by atoms with E-state index in [0.717, 1.165) is 24.1 Å². The molecule has 4 unspecified atom stereocenters. The van der Waals surface area contributed by atoms with E-state index in [0.29, 0.717) is 24.1 Å². The van der Waals surface area contributed by atoms with Gasteiger partial charge in [0, 0.05) is 17.8 Å². The van der Waals surface area contributed by atoms with Crippen LogP contribution in [0.15, 0.2) is 4.79 Å². The zero-order valence-corrected chi connectivity index (χ0v) is 11.7. The minimum atomic E-state index is -0.0333. The summed E-state index contributed by atoms with van der Waals surface area (Å²) in [6.45, 7) is 5.73. The Hall–Kier alpha value is -1.20. The van der Waals surface area contributed by atoms with Crippen LogP contribution in [0, 0.1) is 13.8 Å². The molecule has 5 heteroatoms. The van der Waals surface area contributed by atoms with E-state index in [9.17, 15) is 4.79 Å². The Balaban J connectivity index is 1.77. The molecule has 2 saturated heterocycles. The van der Waals surface area contributed by atoms with Gasteiger partial charge >= 0.3 is 0 Å². The predicted octanol–water partition coefficient (Wildman–Crippen LogP) is 1.36. The lowest BCUT2D eigenvalue weighted by atomic mass is 9.94. The first-order chi connectivity index (χ1) is 9.04.